The number of hydrogen-bond donors (Lipinski definition) is 0. The number of carbonyl (C=O) groups is 2. The second kappa shape index (κ2) is 9.69. The van der Waals surface area contributed by atoms with Gasteiger partial charge in [0.15, 0.2) is 0 Å². The molecule has 0 atom stereocenters. The Morgan fingerprint density at radius 2 is 1.61 bits per heavy atom. The molecule has 0 spiro atoms. The van der Waals surface area contributed by atoms with Crippen molar-refractivity contribution >= 4 is 34.9 Å². The third-order valence-electron chi connectivity index (χ3n) is 6.05. The number of anilines is 2. The van der Waals surface area contributed by atoms with E-state index < -0.39 is 0 Å². The molecule has 3 heterocycles. The van der Waals surface area contributed by atoms with Gasteiger partial charge in [-0.15, -0.1) is 0 Å². The average molecular weight is 441 g/mol. The van der Waals surface area contributed by atoms with E-state index in [4.69, 9.17) is 11.6 Å². The summed E-state index contributed by atoms with van der Waals surface area (Å²) in [5, 5.41) is 0.291. The standard InChI is InChI=1S/C24H29ClN4O2/c1-18-7-9-20(10-8-18)29(17-23(30)28-13-3-2-4-14-28)24(31)19-15-21(25)26-22(16-19)27-11-5-6-12-27/h7-10,15-16H,2-6,11-14,17H2,1H3. The number of pyridine rings is 1. The fourth-order valence-corrected chi connectivity index (χ4v) is 4.46. The van der Waals surface area contributed by atoms with Crippen LogP contribution in [0.2, 0.25) is 5.15 Å². The molecule has 6 nitrogen and oxygen atoms in total. The van der Waals surface area contributed by atoms with Crippen molar-refractivity contribution in [1.29, 1.82) is 0 Å². The van der Waals surface area contributed by atoms with Gasteiger partial charge in [0.25, 0.3) is 5.91 Å². The zero-order valence-corrected chi connectivity index (χ0v) is 18.8. The number of benzene rings is 1. The number of halogens is 1. The molecule has 31 heavy (non-hydrogen) atoms. The van der Waals surface area contributed by atoms with E-state index in [0.717, 1.165) is 69.7 Å². The molecule has 2 fully saturated rings. The summed E-state index contributed by atoms with van der Waals surface area (Å²) >= 11 is 6.29. The van der Waals surface area contributed by atoms with Crippen molar-refractivity contribution in [1.82, 2.24) is 9.88 Å². The second-order valence-corrected chi connectivity index (χ2v) is 8.79. The largest absolute Gasteiger partial charge is 0.357 e. The van der Waals surface area contributed by atoms with Crippen LogP contribution in [0.3, 0.4) is 0 Å². The number of hydrogen-bond acceptors (Lipinski definition) is 4. The van der Waals surface area contributed by atoms with Crippen molar-refractivity contribution in [3.05, 3.63) is 52.7 Å². The van der Waals surface area contributed by atoms with Gasteiger partial charge in [-0.25, -0.2) is 4.98 Å². The molecule has 0 saturated carbocycles. The number of nitrogens with zero attached hydrogens (tertiary/aromatic N) is 4. The van der Waals surface area contributed by atoms with Gasteiger partial charge in [-0.3, -0.25) is 14.5 Å². The number of carbonyl (C=O) groups excluding carboxylic acids is 2. The molecule has 2 aliphatic heterocycles. The molecule has 2 saturated heterocycles. The zero-order chi connectivity index (χ0) is 21.8. The Bertz CT molecular complexity index is 935. The maximum absolute atomic E-state index is 13.6. The van der Waals surface area contributed by atoms with Gasteiger partial charge in [-0.2, -0.15) is 0 Å². The van der Waals surface area contributed by atoms with Crippen molar-refractivity contribution in [2.24, 2.45) is 0 Å². The summed E-state index contributed by atoms with van der Waals surface area (Å²) in [5.41, 5.74) is 2.26. The van der Waals surface area contributed by atoms with Gasteiger partial charge >= 0.3 is 0 Å². The zero-order valence-electron chi connectivity index (χ0n) is 18.0. The average Bonchev–Trinajstić information content (AvgIpc) is 3.33. The molecule has 2 aliphatic rings. The number of rotatable bonds is 5. The van der Waals surface area contributed by atoms with E-state index in [1.54, 1.807) is 17.0 Å². The lowest BCUT2D eigenvalue weighted by Gasteiger charge is -2.30. The van der Waals surface area contributed by atoms with Crippen molar-refractivity contribution in [3.8, 4) is 0 Å². The third-order valence-corrected chi connectivity index (χ3v) is 6.24. The number of amides is 2. The van der Waals surface area contributed by atoms with E-state index in [2.05, 4.69) is 9.88 Å². The molecule has 1 aromatic heterocycles. The predicted molar refractivity (Wildman–Crippen MR) is 124 cm³/mol. The van der Waals surface area contributed by atoms with E-state index in [1.807, 2.05) is 36.1 Å². The van der Waals surface area contributed by atoms with Crippen LogP contribution in [-0.2, 0) is 4.79 Å². The summed E-state index contributed by atoms with van der Waals surface area (Å²) in [6, 6.07) is 11.1. The van der Waals surface area contributed by atoms with Gasteiger partial charge in [-0.1, -0.05) is 29.3 Å². The lowest BCUT2D eigenvalue weighted by Crippen LogP contribution is -2.45. The summed E-state index contributed by atoms with van der Waals surface area (Å²) in [6.07, 6.45) is 5.40. The Balaban J connectivity index is 1.63. The number of aryl methyl sites for hydroxylation is 1. The van der Waals surface area contributed by atoms with Crippen molar-refractivity contribution in [2.75, 3.05) is 42.5 Å². The first-order chi connectivity index (χ1) is 15.0. The normalized spacial score (nSPS) is 16.5. The maximum Gasteiger partial charge on any atom is 0.258 e. The summed E-state index contributed by atoms with van der Waals surface area (Å²) in [4.78, 5) is 36.6. The highest BCUT2D eigenvalue weighted by Crippen LogP contribution is 2.25. The molecule has 0 unspecified atom stereocenters. The summed E-state index contributed by atoms with van der Waals surface area (Å²) in [5.74, 6) is 0.465. The van der Waals surface area contributed by atoms with Gasteiger partial charge in [0.05, 0.1) is 0 Å². The van der Waals surface area contributed by atoms with Crippen LogP contribution >= 0.6 is 11.6 Å². The first-order valence-electron chi connectivity index (χ1n) is 11.1. The van der Waals surface area contributed by atoms with E-state index in [-0.39, 0.29) is 18.4 Å². The minimum absolute atomic E-state index is 0.0148. The molecule has 1 aromatic carbocycles. The lowest BCUT2D eigenvalue weighted by atomic mass is 10.1. The Hall–Kier alpha value is -2.60. The molecule has 2 aromatic rings. The van der Waals surface area contributed by atoms with Gasteiger partial charge in [0, 0.05) is 37.4 Å². The van der Waals surface area contributed by atoms with Crippen LogP contribution in [0.1, 0.15) is 48.0 Å². The molecule has 0 aliphatic carbocycles. The first-order valence-corrected chi connectivity index (χ1v) is 11.5. The van der Waals surface area contributed by atoms with Crippen LogP contribution in [0.5, 0.6) is 0 Å². The van der Waals surface area contributed by atoms with E-state index >= 15 is 0 Å². The Morgan fingerprint density at radius 1 is 0.968 bits per heavy atom. The Morgan fingerprint density at radius 3 is 2.29 bits per heavy atom. The maximum atomic E-state index is 13.6. The fourth-order valence-electron chi connectivity index (χ4n) is 4.25. The van der Waals surface area contributed by atoms with Gasteiger partial charge < -0.3 is 9.80 Å². The second-order valence-electron chi connectivity index (χ2n) is 8.40. The molecule has 0 N–H and O–H groups in total. The molecule has 4 rings (SSSR count). The van der Waals surface area contributed by atoms with Crippen LogP contribution < -0.4 is 9.80 Å². The molecule has 7 heteroatoms. The molecular formula is C24H29ClN4O2. The summed E-state index contributed by atoms with van der Waals surface area (Å²) < 4.78 is 0. The van der Waals surface area contributed by atoms with Crippen LogP contribution in [-0.4, -0.2) is 54.4 Å². The quantitative estimate of drug-likeness (QED) is 0.650. The van der Waals surface area contributed by atoms with Crippen LogP contribution in [0.25, 0.3) is 0 Å². The third kappa shape index (κ3) is 5.18. The molecule has 2 amide bonds. The monoisotopic (exact) mass is 440 g/mol. The van der Waals surface area contributed by atoms with E-state index in [9.17, 15) is 9.59 Å². The van der Waals surface area contributed by atoms with Crippen LogP contribution in [0, 0.1) is 6.92 Å². The predicted octanol–water partition coefficient (Wildman–Crippen LogP) is 4.30. The van der Waals surface area contributed by atoms with Crippen molar-refractivity contribution in [3.63, 3.8) is 0 Å². The lowest BCUT2D eigenvalue weighted by molar-refractivity contribution is -0.130. The Kier molecular flexibility index (Phi) is 6.76. The number of piperidine rings is 1. The van der Waals surface area contributed by atoms with Crippen molar-refractivity contribution in [2.45, 2.75) is 39.0 Å². The van der Waals surface area contributed by atoms with Gasteiger partial charge in [-0.05, 0) is 63.3 Å². The van der Waals surface area contributed by atoms with Crippen molar-refractivity contribution < 1.29 is 9.59 Å². The molecule has 164 valence electrons. The highest BCUT2D eigenvalue weighted by molar-refractivity contribution is 6.30. The summed E-state index contributed by atoms with van der Waals surface area (Å²) in [6.45, 7) is 5.36. The van der Waals surface area contributed by atoms with Gasteiger partial charge in [0.1, 0.15) is 17.5 Å². The minimum atomic E-state index is -0.237. The SMILES string of the molecule is Cc1ccc(N(CC(=O)N2CCCCC2)C(=O)c2cc(Cl)nc(N3CCCC3)c2)cc1. The van der Waals surface area contributed by atoms with Crippen LogP contribution in [0.4, 0.5) is 11.5 Å². The van der Waals surface area contributed by atoms with Gasteiger partial charge in [0.2, 0.25) is 5.91 Å². The number of aromatic nitrogens is 1. The first kappa shape index (κ1) is 21.6. The smallest absolute Gasteiger partial charge is 0.258 e. The van der Waals surface area contributed by atoms with E-state index in [0.29, 0.717) is 16.4 Å². The molecular weight excluding hydrogens is 412 g/mol. The molecule has 0 bridgehead atoms. The topological polar surface area (TPSA) is 56.8 Å². The highest BCUT2D eigenvalue weighted by Gasteiger charge is 2.26. The summed E-state index contributed by atoms with van der Waals surface area (Å²) in [7, 11) is 0. The minimum Gasteiger partial charge on any atom is -0.357 e. The fraction of sp³-hybridized carbons (Fsp3) is 0.458. The molecule has 0 radical (unpaired) electrons. The number of likely N-dealkylation sites (tertiary alicyclic amines) is 1. The Labute approximate surface area is 188 Å². The highest BCUT2D eigenvalue weighted by atomic mass is 35.5. The van der Waals surface area contributed by atoms with Crippen LogP contribution in [0.15, 0.2) is 36.4 Å². The van der Waals surface area contributed by atoms with E-state index in [1.165, 1.54) is 0 Å².